The quantitative estimate of drug-likeness (QED) is 0.895. The number of aryl methyl sites for hydroxylation is 1. The van der Waals surface area contributed by atoms with E-state index >= 15 is 0 Å². The molecule has 1 aliphatic rings. The molecule has 104 valence electrons. The third kappa shape index (κ3) is 3.09. The number of rotatable bonds is 4. The van der Waals surface area contributed by atoms with Crippen molar-refractivity contribution in [1.82, 2.24) is 0 Å². The zero-order chi connectivity index (χ0) is 13.8. The minimum Gasteiger partial charge on any atom is -0.478 e. The molecule has 0 saturated heterocycles. The highest BCUT2D eigenvalue weighted by molar-refractivity contribution is 5.94. The summed E-state index contributed by atoms with van der Waals surface area (Å²) in [4.78, 5) is 13.7. The van der Waals surface area contributed by atoms with E-state index in [9.17, 15) is 9.90 Å². The van der Waals surface area contributed by atoms with Gasteiger partial charge in [-0.05, 0) is 38.8 Å². The van der Waals surface area contributed by atoms with Crippen LogP contribution in [0.15, 0.2) is 18.2 Å². The molecule has 0 spiro atoms. The molecule has 0 bridgehead atoms. The van der Waals surface area contributed by atoms with Crippen molar-refractivity contribution in [3.8, 4) is 0 Å². The summed E-state index contributed by atoms with van der Waals surface area (Å²) in [6.45, 7) is 4.92. The van der Waals surface area contributed by atoms with Gasteiger partial charge in [-0.25, -0.2) is 4.79 Å². The molecule has 0 amide bonds. The molecular formula is C16H23NO2. The van der Waals surface area contributed by atoms with Gasteiger partial charge in [-0.1, -0.05) is 30.9 Å². The van der Waals surface area contributed by atoms with Crippen LogP contribution in [-0.2, 0) is 0 Å². The fourth-order valence-electron chi connectivity index (χ4n) is 3.09. The first kappa shape index (κ1) is 13.9. The van der Waals surface area contributed by atoms with Gasteiger partial charge in [-0.3, -0.25) is 0 Å². The number of benzene rings is 1. The summed E-state index contributed by atoms with van der Waals surface area (Å²) in [5.74, 6) is -0.826. The summed E-state index contributed by atoms with van der Waals surface area (Å²) in [6.07, 6.45) is 6.19. The van der Waals surface area contributed by atoms with Gasteiger partial charge >= 0.3 is 5.97 Å². The van der Waals surface area contributed by atoms with Gasteiger partial charge in [-0.15, -0.1) is 0 Å². The average Bonchev–Trinajstić information content (AvgIpc) is 2.42. The maximum absolute atomic E-state index is 11.5. The van der Waals surface area contributed by atoms with Crippen LogP contribution in [0.3, 0.4) is 0 Å². The Morgan fingerprint density at radius 2 is 2.00 bits per heavy atom. The van der Waals surface area contributed by atoms with E-state index in [0.717, 1.165) is 17.8 Å². The van der Waals surface area contributed by atoms with Crippen LogP contribution < -0.4 is 4.90 Å². The molecule has 0 aliphatic heterocycles. The van der Waals surface area contributed by atoms with Gasteiger partial charge in [0.05, 0.1) is 11.3 Å². The Balaban J connectivity index is 2.34. The van der Waals surface area contributed by atoms with Crippen LogP contribution in [0.25, 0.3) is 0 Å². The maximum Gasteiger partial charge on any atom is 0.337 e. The van der Waals surface area contributed by atoms with Crippen LogP contribution in [0, 0.1) is 6.92 Å². The van der Waals surface area contributed by atoms with Gasteiger partial charge in [0.25, 0.3) is 0 Å². The van der Waals surface area contributed by atoms with E-state index in [1.165, 1.54) is 32.1 Å². The first-order valence-corrected chi connectivity index (χ1v) is 7.24. The second-order valence-corrected chi connectivity index (χ2v) is 5.40. The molecule has 0 unspecified atom stereocenters. The molecule has 19 heavy (non-hydrogen) atoms. The number of carboxylic acid groups (broad SMARTS) is 1. The van der Waals surface area contributed by atoms with E-state index in [2.05, 4.69) is 11.8 Å². The molecule has 3 heteroatoms. The molecule has 0 atom stereocenters. The largest absolute Gasteiger partial charge is 0.478 e. The van der Waals surface area contributed by atoms with E-state index in [-0.39, 0.29) is 0 Å². The number of anilines is 1. The van der Waals surface area contributed by atoms with Crippen molar-refractivity contribution in [2.24, 2.45) is 0 Å². The fraction of sp³-hybridized carbons (Fsp3) is 0.562. The smallest absolute Gasteiger partial charge is 0.337 e. The van der Waals surface area contributed by atoms with Gasteiger partial charge in [0.15, 0.2) is 0 Å². The first-order valence-electron chi connectivity index (χ1n) is 7.24. The van der Waals surface area contributed by atoms with Crippen molar-refractivity contribution in [3.05, 3.63) is 29.3 Å². The molecule has 1 saturated carbocycles. The molecule has 0 radical (unpaired) electrons. The molecule has 1 N–H and O–H groups in total. The summed E-state index contributed by atoms with van der Waals surface area (Å²) in [6, 6.07) is 6.26. The zero-order valence-electron chi connectivity index (χ0n) is 11.9. The average molecular weight is 261 g/mol. The van der Waals surface area contributed by atoms with E-state index in [4.69, 9.17) is 0 Å². The van der Waals surface area contributed by atoms with E-state index < -0.39 is 5.97 Å². The second-order valence-electron chi connectivity index (χ2n) is 5.40. The lowest BCUT2D eigenvalue weighted by molar-refractivity contribution is 0.0697. The molecular weight excluding hydrogens is 238 g/mol. The minimum atomic E-state index is -0.826. The van der Waals surface area contributed by atoms with E-state index in [1.807, 2.05) is 19.1 Å². The van der Waals surface area contributed by atoms with Crippen molar-refractivity contribution in [2.45, 2.75) is 52.0 Å². The predicted octanol–water partition coefficient (Wildman–Crippen LogP) is 3.85. The van der Waals surface area contributed by atoms with Crippen LogP contribution in [0.1, 0.15) is 54.9 Å². The van der Waals surface area contributed by atoms with Crippen LogP contribution in [0.2, 0.25) is 0 Å². The Bertz CT molecular complexity index is 450. The summed E-state index contributed by atoms with van der Waals surface area (Å²) in [5.41, 5.74) is 2.32. The van der Waals surface area contributed by atoms with Gasteiger partial charge in [-0.2, -0.15) is 0 Å². The van der Waals surface area contributed by atoms with Gasteiger partial charge in [0.1, 0.15) is 0 Å². The standard InChI is InChI=1S/C16H23NO2/c1-3-17(13-7-5-4-6-8-13)15-10-9-12(2)11-14(15)16(18)19/h9-11,13H,3-8H2,1-2H3,(H,18,19). The van der Waals surface area contributed by atoms with Crippen molar-refractivity contribution >= 4 is 11.7 Å². The lowest BCUT2D eigenvalue weighted by atomic mass is 9.93. The van der Waals surface area contributed by atoms with E-state index in [1.54, 1.807) is 6.07 Å². The van der Waals surface area contributed by atoms with Gasteiger partial charge in [0, 0.05) is 12.6 Å². The third-order valence-electron chi connectivity index (χ3n) is 4.05. The topological polar surface area (TPSA) is 40.5 Å². The number of hydrogen-bond acceptors (Lipinski definition) is 2. The zero-order valence-corrected chi connectivity index (χ0v) is 11.9. The summed E-state index contributed by atoms with van der Waals surface area (Å²) < 4.78 is 0. The summed E-state index contributed by atoms with van der Waals surface area (Å²) >= 11 is 0. The Morgan fingerprint density at radius 1 is 1.32 bits per heavy atom. The third-order valence-corrected chi connectivity index (χ3v) is 4.05. The highest BCUT2D eigenvalue weighted by atomic mass is 16.4. The SMILES string of the molecule is CCN(c1ccc(C)cc1C(=O)O)C1CCCCC1. The number of nitrogens with zero attached hydrogens (tertiary/aromatic N) is 1. The molecule has 1 aromatic rings. The summed E-state index contributed by atoms with van der Waals surface area (Å²) in [7, 11) is 0. The Morgan fingerprint density at radius 3 is 2.58 bits per heavy atom. The molecule has 1 aliphatic carbocycles. The summed E-state index contributed by atoms with van der Waals surface area (Å²) in [5, 5.41) is 9.41. The van der Waals surface area contributed by atoms with Gasteiger partial charge < -0.3 is 10.0 Å². The van der Waals surface area contributed by atoms with Crippen LogP contribution >= 0.6 is 0 Å². The first-order chi connectivity index (χ1) is 9.13. The number of carbonyl (C=O) groups is 1. The Hall–Kier alpha value is -1.51. The lowest BCUT2D eigenvalue weighted by Crippen LogP contribution is -2.37. The second kappa shape index (κ2) is 6.09. The molecule has 2 rings (SSSR count). The lowest BCUT2D eigenvalue weighted by Gasteiger charge is -2.36. The molecule has 3 nitrogen and oxygen atoms in total. The van der Waals surface area contributed by atoms with Crippen molar-refractivity contribution < 1.29 is 9.90 Å². The predicted molar refractivity (Wildman–Crippen MR) is 78.0 cm³/mol. The molecule has 1 aromatic carbocycles. The van der Waals surface area contributed by atoms with E-state index in [0.29, 0.717) is 11.6 Å². The minimum absolute atomic E-state index is 0.437. The Kier molecular flexibility index (Phi) is 4.46. The molecule has 0 heterocycles. The van der Waals surface area contributed by atoms with Crippen molar-refractivity contribution in [3.63, 3.8) is 0 Å². The van der Waals surface area contributed by atoms with Crippen LogP contribution in [0.5, 0.6) is 0 Å². The van der Waals surface area contributed by atoms with Crippen LogP contribution in [0.4, 0.5) is 5.69 Å². The van der Waals surface area contributed by atoms with Crippen molar-refractivity contribution in [2.75, 3.05) is 11.4 Å². The van der Waals surface area contributed by atoms with Gasteiger partial charge in [0.2, 0.25) is 0 Å². The monoisotopic (exact) mass is 261 g/mol. The van der Waals surface area contributed by atoms with Crippen LogP contribution in [-0.4, -0.2) is 23.7 Å². The normalized spacial score (nSPS) is 16.3. The molecule has 0 aromatic heterocycles. The molecule has 1 fully saturated rings. The fourth-order valence-corrected chi connectivity index (χ4v) is 3.09. The Labute approximate surface area is 115 Å². The van der Waals surface area contributed by atoms with Crippen molar-refractivity contribution in [1.29, 1.82) is 0 Å². The highest BCUT2D eigenvalue weighted by Crippen LogP contribution is 2.30. The number of hydrogen-bond donors (Lipinski definition) is 1. The maximum atomic E-state index is 11.5. The number of carboxylic acids is 1. The highest BCUT2D eigenvalue weighted by Gasteiger charge is 2.23. The number of aromatic carboxylic acids is 1.